The average Bonchev–Trinajstić information content (AvgIpc) is 2.41. The van der Waals surface area contributed by atoms with Gasteiger partial charge in [-0.1, -0.05) is 0 Å². The van der Waals surface area contributed by atoms with E-state index in [-0.39, 0.29) is 18.0 Å². The second-order valence-corrected chi connectivity index (χ2v) is 5.33. The predicted octanol–water partition coefficient (Wildman–Crippen LogP) is -0.548. The molecule has 6 nitrogen and oxygen atoms in total. The third kappa shape index (κ3) is 2.29. The number of amides is 1. The van der Waals surface area contributed by atoms with Gasteiger partial charge in [-0.3, -0.25) is 9.59 Å². The van der Waals surface area contributed by atoms with E-state index < -0.39 is 0 Å². The molecule has 1 saturated heterocycles. The second kappa shape index (κ2) is 4.79. The van der Waals surface area contributed by atoms with Crippen LogP contribution in [0.2, 0.25) is 0 Å². The number of carbonyl (C=O) groups excluding carboxylic acids is 1. The van der Waals surface area contributed by atoms with Gasteiger partial charge in [0.2, 0.25) is 5.91 Å². The minimum Gasteiger partial charge on any atom is -0.325 e. The third-order valence-corrected chi connectivity index (χ3v) is 3.93. The van der Waals surface area contributed by atoms with Crippen molar-refractivity contribution in [3.63, 3.8) is 0 Å². The number of hydrogen-bond acceptors (Lipinski definition) is 4. The van der Waals surface area contributed by atoms with Crippen LogP contribution in [-0.4, -0.2) is 30.1 Å². The van der Waals surface area contributed by atoms with Crippen LogP contribution in [0.1, 0.15) is 18.0 Å². The molecule has 2 atom stereocenters. The van der Waals surface area contributed by atoms with Crippen LogP contribution in [0, 0.1) is 5.92 Å². The van der Waals surface area contributed by atoms with Crippen molar-refractivity contribution in [3.8, 4) is 0 Å². The van der Waals surface area contributed by atoms with Crippen molar-refractivity contribution < 1.29 is 4.79 Å². The van der Waals surface area contributed by atoms with Gasteiger partial charge in [0.15, 0.2) is 0 Å². The zero-order valence-electron chi connectivity index (χ0n) is 10.7. The molecule has 1 unspecified atom stereocenters. The maximum Gasteiger partial charge on any atom is 0.252 e. The molecule has 0 saturated carbocycles. The van der Waals surface area contributed by atoms with Crippen molar-refractivity contribution >= 4 is 11.6 Å². The quantitative estimate of drug-likeness (QED) is 0.667. The van der Waals surface area contributed by atoms with Gasteiger partial charge in [-0.2, -0.15) is 0 Å². The maximum absolute atomic E-state index is 12.1. The molecule has 102 valence electrons. The van der Waals surface area contributed by atoms with E-state index in [0.717, 1.165) is 31.7 Å². The topological polar surface area (TPSA) is 89.2 Å². The number of nitrogens with two attached hydrogens (primary N) is 1. The maximum atomic E-state index is 12.1. The lowest BCUT2D eigenvalue weighted by Crippen LogP contribution is -2.44. The Morgan fingerprint density at radius 1 is 1.47 bits per heavy atom. The fraction of sp³-hybridized carbons (Fsp3) is 0.538. The summed E-state index contributed by atoms with van der Waals surface area (Å²) in [7, 11) is 0. The summed E-state index contributed by atoms with van der Waals surface area (Å²) < 4.78 is 1.85. The summed E-state index contributed by atoms with van der Waals surface area (Å²) in [5, 5.41) is 6.05. The van der Waals surface area contributed by atoms with Crippen LogP contribution in [-0.2, 0) is 11.3 Å². The van der Waals surface area contributed by atoms with E-state index in [9.17, 15) is 9.59 Å². The fourth-order valence-corrected chi connectivity index (χ4v) is 3.09. The molecule has 19 heavy (non-hydrogen) atoms. The van der Waals surface area contributed by atoms with E-state index in [1.54, 1.807) is 0 Å². The van der Waals surface area contributed by atoms with Gasteiger partial charge < -0.3 is 20.9 Å². The van der Waals surface area contributed by atoms with Crippen LogP contribution >= 0.6 is 0 Å². The zero-order valence-corrected chi connectivity index (χ0v) is 10.7. The Morgan fingerprint density at radius 2 is 2.32 bits per heavy atom. The monoisotopic (exact) mass is 262 g/mol. The number of hydrogen-bond donors (Lipinski definition) is 3. The smallest absolute Gasteiger partial charge is 0.252 e. The average molecular weight is 262 g/mol. The van der Waals surface area contributed by atoms with Crippen LogP contribution in [0.25, 0.3) is 0 Å². The van der Waals surface area contributed by atoms with Crippen molar-refractivity contribution in [2.75, 3.05) is 25.0 Å². The summed E-state index contributed by atoms with van der Waals surface area (Å²) in [6.45, 7) is 2.56. The molecule has 1 aromatic heterocycles. The van der Waals surface area contributed by atoms with E-state index in [4.69, 9.17) is 5.73 Å². The van der Waals surface area contributed by atoms with Crippen LogP contribution in [0.5, 0.6) is 0 Å². The summed E-state index contributed by atoms with van der Waals surface area (Å²) in [4.78, 5) is 23.5. The lowest BCUT2D eigenvalue weighted by atomic mass is 9.84. The van der Waals surface area contributed by atoms with Crippen LogP contribution < -0.4 is 21.9 Å². The lowest BCUT2D eigenvalue weighted by Gasteiger charge is -2.37. The molecule has 3 heterocycles. The van der Waals surface area contributed by atoms with Gasteiger partial charge in [0.1, 0.15) is 0 Å². The van der Waals surface area contributed by atoms with Gasteiger partial charge in [0.05, 0.1) is 6.54 Å². The predicted molar refractivity (Wildman–Crippen MR) is 72.1 cm³/mol. The van der Waals surface area contributed by atoms with Gasteiger partial charge >= 0.3 is 0 Å². The summed E-state index contributed by atoms with van der Waals surface area (Å²) in [5.74, 6) is 0.614. The van der Waals surface area contributed by atoms with E-state index in [2.05, 4.69) is 10.6 Å². The molecule has 0 spiro atoms. The Kier molecular flexibility index (Phi) is 3.12. The molecule has 3 rings (SSSR count). The van der Waals surface area contributed by atoms with Crippen molar-refractivity contribution in [1.29, 1.82) is 0 Å². The van der Waals surface area contributed by atoms with Crippen molar-refractivity contribution in [2.24, 2.45) is 11.7 Å². The number of aromatic nitrogens is 1. The molecule has 0 aliphatic carbocycles. The first-order chi connectivity index (χ1) is 9.17. The molecule has 0 radical (unpaired) electrons. The minimum absolute atomic E-state index is 0.0404. The highest BCUT2D eigenvalue weighted by molar-refractivity contribution is 5.92. The highest BCUT2D eigenvalue weighted by Crippen LogP contribution is 2.32. The van der Waals surface area contributed by atoms with Crippen molar-refractivity contribution in [3.05, 3.63) is 28.2 Å². The van der Waals surface area contributed by atoms with Crippen molar-refractivity contribution in [2.45, 2.75) is 18.9 Å². The highest BCUT2D eigenvalue weighted by atomic mass is 16.2. The van der Waals surface area contributed by atoms with Crippen molar-refractivity contribution in [1.82, 2.24) is 9.88 Å². The van der Waals surface area contributed by atoms with E-state index in [1.165, 1.54) is 6.07 Å². The summed E-state index contributed by atoms with van der Waals surface area (Å²) >= 11 is 0. The minimum atomic E-state index is -0.278. The molecule has 1 aromatic rings. The number of piperidine rings is 1. The van der Waals surface area contributed by atoms with E-state index in [1.807, 2.05) is 10.6 Å². The largest absolute Gasteiger partial charge is 0.325 e. The number of nitrogens with zero attached hydrogens (tertiary/aromatic N) is 1. The number of pyridine rings is 1. The van der Waals surface area contributed by atoms with Crippen LogP contribution in [0.3, 0.4) is 0 Å². The molecule has 0 aromatic carbocycles. The number of nitrogens with one attached hydrogen (secondary N) is 2. The van der Waals surface area contributed by atoms with Gasteiger partial charge in [-0.05, 0) is 24.9 Å². The Bertz CT molecular complexity index is 566. The summed E-state index contributed by atoms with van der Waals surface area (Å²) in [6.07, 6.45) is 1.11. The molecule has 6 heteroatoms. The Morgan fingerprint density at radius 3 is 3.11 bits per heavy atom. The molecular weight excluding hydrogens is 244 g/mol. The SMILES string of the molecule is NCC(=O)Nc1cc2n(c(=O)c1)CC1CNC[C@@H]2C1. The molecule has 1 amide bonds. The third-order valence-electron chi connectivity index (χ3n) is 3.93. The zero-order chi connectivity index (χ0) is 13.4. The van der Waals surface area contributed by atoms with Gasteiger partial charge in [-0.15, -0.1) is 0 Å². The number of carbonyl (C=O) groups is 1. The standard InChI is InChI=1S/C13H18N4O2/c14-4-12(18)16-10-2-11-9-1-8(5-15-6-9)7-17(11)13(19)3-10/h2-3,8-9,15H,1,4-7,14H2,(H,16,18)/t8?,9-/m0/s1. The first-order valence-corrected chi connectivity index (χ1v) is 6.63. The normalized spacial score (nSPS) is 24.7. The Labute approximate surface area is 111 Å². The molecule has 2 aliphatic heterocycles. The lowest BCUT2D eigenvalue weighted by molar-refractivity contribution is -0.114. The fourth-order valence-electron chi connectivity index (χ4n) is 3.09. The van der Waals surface area contributed by atoms with E-state index in [0.29, 0.717) is 17.5 Å². The molecule has 2 aliphatic rings. The molecule has 1 fully saturated rings. The first-order valence-electron chi connectivity index (χ1n) is 6.63. The first kappa shape index (κ1) is 12.4. The summed E-state index contributed by atoms with van der Waals surface area (Å²) in [6, 6.07) is 3.38. The number of fused-ring (bicyclic) bond motifs is 4. The molecule has 2 bridgehead atoms. The molecular formula is C13H18N4O2. The Balaban J connectivity index is 1.98. The van der Waals surface area contributed by atoms with Gasteiger partial charge in [0, 0.05) is 36.5 Å². The van der Waals surface area contributed by atoms with E-state index >= 15 is 0 Å². The van der Waals surface area contributed by atoms with Gasteiger partial charge in [0.25, 0.3) is 5.56 Å². The van der Waals surface area contributed by atoms with Gasteiger partial charge in [-0.25, -0.2) is 0 Å². The summed E-state index contributed by atoms with van der Waals surface area (Å²) in [5.41, 5.74) is 6.80. The Hall–Kier alpha value is -1.66. The second-order valence-electron chi connectivity index (χ2n) is 5.33. The number of rotatable bonds is 2. The van der Waals surface area contributed by atoms with Crippen LogP contribution in [0.4, 0.5) is 5.69 Å². The molecule has 4 N–H and O–H groups in total. The van der Waals surface area contributed by atoms with Crippen LogP contribution in [0.15, 0.2) is 16.9 Å². The number of anilines is 1. The highest BCUT2D eigenvalue weighted by Gasteiger charge is 2.31.